The van der Waals surface area contributed by atoms with Crippen molar-refractivity contribution in [2.45, 2.75) is 43.9 Å². The minimum atomic E-state index is -0.0882. The second-order valence-electron chi connectivity index (χ2n) is 6.64. The highest BCUT2D eigenvalue weighted by atomic mass is 16.5. The quantitative estimate of drug-likeness (QED) is 0.812. The van der Waals surface area contributed by atoms with Gasteiger partial charge in [0.15, 0.2) is 0 Å². The highest BCUT2D eigenvalue weighted by Gasteiger charge is 2.45. The Labute approximate surface area is 152 Å². The molecule has 0 bridgehead atoms. The monoisotopic (exact) mass is 354 g/mol. The number of hydrogen-bond donors (Lipinski definition) is 0. The van der Waals surface area contributed by atoms with Crippen LogP contribution < -0.4 is 4.74 Å². The number of rotatable bonds is 5. The first kappa shape index (κ1) is 16.9. The second kappa shape index (κ2) is 7.78. The van der Waals surface area contributed by atoms with Crippen LogP contribution in [0.5, 0.6) is 5.88 Å². The third-order valence-electron chi connectivity index (χ3n) is 5.01. The molecular weight excluding hydrogens is 332 g/mol. The number of carbonyl (C=O) groups is 1. The van der Waals surface area contributed by atoms with Crippen LogP contribution in [0.1, 0.15) is 24.8 Å². The van der Waals surface area contributed by atoms with Crippen LogP contribution in [0.4, 0.5) is 0 Å². The van der Waals surface area contributed by atoms with E-state index in [0.717, 1.165) is 18.4 Å². The van der Waals surface area contributed by atoms with Crippen molar-refractivity contribution in [3.05, 3.63) is 48.7 Å². The molecule has 1 aliphatic carbocycles. The van der Waals surface area contributed by atoms with Crippen LogP contribution in [-0.4, -0.2) is 57.2 Å². The summed E-state index contributed by atoms with van der Waals surface area (Å²) in [7, 11) is 0. The van der Waals surface area contributed by atoms with Crippen molar-refractivity contribution in [3.8, 4) is 5.88 Å². The maximum absolute atomic E-state index is 12.8. The van der Waals surface area contributed by atoms with Gasteiger partial charge in [-0.3, -0.25) is 4.79 Å². The van der Waals surface area contributed by atoms with Crippen molar-refractivity contribution in [1.29, 1.82) is 0 Å². The molecule has 136 valence electrons. The van der Waals surface area contributed by atoms with E-state index in [2.05, 4.69) is 15.0 Å². The molecule has 4 rings (SSSR count). The summed E-state index contributed by atoms with van der Waals surface area (Å²) in [5.74, 6) is 0.764. The first-order chi connectivity index (χ1) is 12.8. The van der Waals surface area contributed by atoms with Crippen LogP contribution in [0.25, 0.3) is 0 Å². The molecule has 3 heterocycles. The number of carbonyl (C=O) groups excluding carboxylic acids is 1. The van der Waals surface area contributed by atoms with Gasteiger partial charge in [-0.2, -0.15) is 0 Å². The zero-order valence-electron chi connectivity index (χ0n) is 14.5. The molecule has 7 heteroatoms. The third kappa shape index (κ3) is 3.67. The van der Waals surface area contributed by atoms with E-state index in [-0.39, 0.29) is 24.2 Å². The molecule has 2 fully saturated rings. The molecule has 0 spiro atoms. The summed E-state index contributed by atoms with van der Waals surface area (Å²) in [5.41, 5.74) is 0.980. The van der Waals surface area contributed by atoms with Gasteiger partial charge in [0.2, 0.25) is 11.8 Å². The molecule has 1 saturated carbocycles. The summed E-state index contributed by atoms with van der Waals surface area (Å²) in [4.78, 5) is 27.0. The molecule has 1 aliphatic heterocycles. The van der Waals surface area contributed by atoms with E-state index in [9.17, 15) is 4.79 Å². The molecule has 2 aromatic rings. The SMILES string of the molecule is O=C(CCc1cncnc1)N1CCO[C@H]2[C@@H](Oc3ccccn3)CC[C@@H]21. The van der Waals surface area contributed by atoms with Crippen LogP contribution in [0.15, 0.2) is 43.1 Å². The van der Waals surface area contributed by atoms with Crippen LogP contribution >= 0.6 is 0 Å². The largest absolute Gasteiger partial charge is 0.471 e. The molecule has 1 amide bonds. The fraction of sp³-hybridized carbons (Fsp3) is 0.474. The molecule has 2 aliphatic rings. The number of ether oxygens (including phenoxy) is 2. The number of nitrogens with zero attached hydrogens (tertiary/aromatic N) is 4. The zero-order chi connectivity index (χ0) is 17.8. The highest BCUT2D eigenvalue weighted by Crippen LogP contribution is 2.33. The number of aryl methyl sites for hydroxylation is 1. The average molecular weight is 354 g/mol. The van der Waals surface area contributed by atoms with Crippen molar-refractivity contribution in [2.75, 3.05) is 13.2 Å². The fourth-order valence-corrected chi connectivity index (χ4v) is 3.78. The number of pyridine rings is 1. The van der Waals surface area contributed by atoms with E-state index in [4.69, 9.17) is 9.47 Å². The molecule has 0 radical (unpaired) electrons. The zero-order valence-corrected chi connectivity index (χ0v) is 14.5. The molecule has 2 aromatic heterocycles. The van der Waals surface area contributed by atoms with Crippen molar-refractivity contribution < 1.29 is 14.3 Å². The Hall–Kier alpha value is -2.54. The highest BCUT2D eigenvalue weighted by molar-refractivity contribution is 5.77. The molecule has 1 saturated heterocycles. The van der Waals surface area contributed by atoms with E-state index < -0.39 is 0 Å². The number of fused-ring (bicyclic) bond motifs is 1. The van der Waals surface area contributed by atoms with E-state index in [1.54, 1.807) is 18.6 Å². The Kier molecular flexibility index (Phi) is 5.06. The molecule has 0 N–H and O–H groups in total. The van der Waals surface area contributed by atoms with Crippen molar-refractivity contribution >= 4 is 5.91 Å². The lowest BCUT2D eigenvalue weighted by molar-refractivity contribution is -0.147. The topological polar surface area (TPSA) is 77.4 Å². The summed E-state index contributed by atoms with van der Waals surface area (Å²) in [6.45, 7) is 1.19. The van der Waals surface area contributed by atoms with E-state index in [0.29, 0.717) is 31.9 Å². The lowest BCUT2D eigenvalue weighted by Crippen LogP contribution is -2.54. The van der Waals surface area contributed by atoms with Gasteiger partial charge in [-0.15, -0.1) is 0 Å². The molecule has 3 atom stereocenters. The van der Waals surface area contributed by atoms with Gasteiger partial charge in [-0.05, 0) is 30.9 Å². The Balaban J connectivity index is 1.37. The van der Waals surface area contributed by atoms with Crippen LogP contribution in [0.3, 0.4) is 0 Å². The Bertz CT molecular complexity index is 728. The molecular formula is C19H22N4O3. The number of amides is 1. The van der Waals surface area contributed by atoms with Gasteiger partial charge in [0.25, 0.3) is 0 Å². The van der Waals surface area contributed by atoms with E-state index in [1.807, 2.05) is 23.1 Å². The van der Waals surface area contributed by atoms with Crippen LogP contribution in [0.2, 0.25) is 0 Å². The van der Waals surface area contributed by atoms with Crippen molar-refractivity contribution in [2.24, 2.45) is 0 Å². The van der Waals surface area contributed by atoms with Gasteiger partial charge in [0.05, 0.1) is 12.6 Å². The number of aromatic nitrogens is 3. The lowest BCUT2D eigenvalue weighted by Gasteiger charge is -2.39. The van der Waals surface area contributed by atoms with Gasteiger partial charge in [0, 0.05) is 37.6 Å². The molecule has 26 heavy (non-hydrogen) atoms. The minimum absolute atomic E-state index is 0.0620. The van der Waals surface area contributed by atoms with E-state index in [1.165, 1.54) is 6.33 Å². The van der Waals surface area contributed by atoms with Gasteiger partial charge in [-0.25, -0.2) is 15.0 Å². The summed E-state index contributed by atoms with van der Waals surface area (Å²) < 4.78 is 12.0. The maximum Gasteiger partial charge on any atom is 0.223 e. The van der Waals surface area contributed by atoms with Crippen molar-refractivity contribution in [1.82, 2.24) is 19.9 Å². The standard InChI is InChI=1S/C19H22N4O3/c24-18(7-4-14-11-20-13-21-12-14)23-9-10-25-19-15(23)5-6-16(19)26-17-3-1-2-8-22-17/h1-3,8,11-13,15-16,19H,4-7,9-10H2/t15-,16-,19+/m0/s1. The summed E-state index contributed by atoms with van der Waals surface area (Å²) in [6.07, 6.45) is 9.45. The normalized spacial score (nSPS) is 24.9. The summed E-state index contributed by atoms with van der Waals surface area (Å²) in [6, 6.07) is 5.69. The van der Waals surface area contributed by atoms with Gasteiger partial charge in [0.1, 0.15) is 18.5 Å². The van der Waals surface area contributed by atoms with Crippen LogP contribution in [0, 0.1) is 0 Å². The first-order valence-electron chi connectivity index (χ1n) is 9.04. The van der Waals surface area contributed by atoms with Gasteiger partial charge < -0.3 is 14.4 Å². The Morgan fingerprint density at radius 3 is 2.96 bits per heavy atom. The smallest absolute Gasteiger partial charge is 0.223 e. The Morgan fingerprint density at radius 2 is 2.15 bits per heavy atom. The lowest BCUT2D eigenvalue weighted by atomic mass is 10.1. The predicted octanol–water partition coefficient (Wildman–Crippen LogP) is 1.64. The summed E-state index contributed by atoms with van der Waals surface area (Å²) >= 11 is 0. The third-order valence-corrected chi connectivity index (χ3v) is 5.01. The first-order valence-corrected chi connectivity index (χ1v) is 9.04. The fourth-order valence-electron chi connectivity index (χ4n) is 3.78. The molecule has 0 unspecified atom stereocenters. The van der Waals surface area contributed by atoms with Gasteiger partial charge in [-0.1, -0.05) is 6.07 Å². The summed E-state index contributed by atoms with van der Waals surface area (Å²) in [5, 5.41) is 0. The minimum Gasteiger partial charge on any atom is -0.471 e. The van der Waals surface area contributed by atoms with E-state index >= 15 is 0 Å². The number of morpholine rings is 1. The Morgan fingerprint density at radius 1 is 1.27 bits per heavy atom. The van der Waals surface area contributed by atoms with Crippen LogP contribution in [-0.2, 0) is 16.0 Å². The molecule has 0 aromatic carbocycles. The second-order valence-corrected chi connectivity index (χ2v) is 6.64. The average Bonchev–Trinajstić information content (AvgIpc) is 3.11. The predicted molar refractivity (Wildman–Crippen MR) is 93.5 cm³/mol. The number of hydrogen-bond acceptors (Lipinski definition) is 6. The molecule has 7 nitrogen and oxygen atoms in total. The van der Waals surface area contributed by atoms with Crippen molar-refractivity contribution in [3.63, 3.8) is 0 Å². The maximum atomic E-state index is 12.8. The van der Waals surface area contributed by atoms with Gasteiger partial charge >= 0.3 is 0 Å².